The van der Waals surface area contributed by atoms with Crippen molar-refractivity contribution >= 4 is 22.8 Å². The molecule has 1 saturated heterocycles. The Morgan fingerprint density at radius 1 is 1.18 bits per heavy atom. The fourth-order valence-corrected chi connectivity index (χ4v) is 3.76. The number of rotatable bonds is 5. The number of benzene rings is 2. The van der Waals surface area contributed by atoms with Gasteiger partial charge in [-0.15, -0.1) is 0 Å². The Morgan fingerprint density at radius 3 is 2.71 bits per heavy atom. The molecule has 8 heteroatoms. The molecule has 4 rings (SSSR count). The third-order valence-corrected chi connectivity index (χ3v) is 5.22. The van der Waals surface area contributed by atoms with Crippen molar-refractivity contribution in [3.63, 3.8) is 0 Å². The number of likely N-dealkylation sites (tertiary alicyclic amines) is 1. The van der Waals surface area contributed by atoms with E-state index >= 15 is 0 Å². The van der Waals surface area contributed by atoms with E-state index in [1.54, 1.807) is 37.3 Å². The number of nitrogens with one attached hydrogen (secondary N) is 2. The Morgan fingerprint density at radius 2 is 1.96 bits per heavy atom. The second-order valence-corrected chi connectivity index (χ2v) is 7.08. The van der Waals surface area contributed by atoms with Gasteiger partial charge in [-0.1, -0.05) is 12.1 Å². The van der Waals surface area contributed by atoms with Crippen molar-refractivity contribution in [2.24, 2.45) is 5.41 Å². The van der Waals surface area contributed by atoms with Crippen LogP contribution in [0.3, 0.4) is 0 Å². The minimum Gasteiger partial charge on any atom is -0.497 e. The highest BCUT2D eigenvalue weighted by molar-refractivity contribution is 5.99. The first kappa shape index (κ1) is 18.0. The van der Waals surface area contributed by atoms with Crippen LogP contribution in [0.15, 0.2) is 42.5 Å². The molecule has 2 amide bonds. The summed E-state index contributed by atoms with van der Waals surface area (Å²) in [7, 11) is 3.24. The van der Waals surface area contributed by atoms with Crippen LogP contribution < -0.4 is 10.1 Å². The molecule has 0 unspecified atom stereocenters. The highest BCUT2D eigenvalue weighted by Gasteiger charge is 2.50. The lowest BCUT2D eigenvalue weighted by Crippen LogP contribution is -2.65. The molecule has 1 aliphatic heterocycles. The van der Waals surface area contributed by atoms with E-state index < -0.39 is 5.41 Å². The number of carbonyl (C=O) groups excluding carboxylic acids is 2. The number of methoxy groups -OCH3 is 1. The lowest BCUT2D eigenvalue weighted by Gasteiger charge is -2.48. The summed E-state index contributed by atoms with van der Waals surface area (Å²) in [4.78, 5) is 27.2. The van der Waals surface area contributed by atoms with E-state index in [1.165, 1.54) is 0 Å². The maximum absolute atomic E-state index is 12.9. The van der Waals surface area contributed by atoms with Crippen molar-refractivity contribution < 1.29 is 14.3 Å². The third-order valence-electron chi connectivity index (χ3n) is 5.22. The third kappa shape index (κ3) is 3.06. The van der Waals surface area contributed by atoms with Crippen LogP contribution in [0.1, 0.15) is 15.9 Å². The van der Waals surface area contributed by atoms with Crippen LogP contribution in [0.25, 0.3) is 11.0 Å². The zero-order chi connectivity index (χ0) is 19.7. The van der Waals surface area contributed by atoms with Crippen molar-refractivity contribution in [2.75, 3.05) is 27.2 Å². The first-order valence-electron chi connectivity index (χ1n) is 8.99. The number of amides is 2. The van der Waals surface area contributed by atoms with Crippen molar-refractivity contribution in [3.8, 4) is 5.75 Å². The van der Waals surface area contributed by atoms with Gasteiger partial charge >= 0.3 is 0 Å². The molecule has 0 bridgehead atoms. The lowest BCUT2D eigenvalue weighted by atomic mass is 9.73. The van der Waals surface area contributed by atoms with Crippen molar-refractivity contribution in [1.82, 2.24) is 25.6 Å². The predicted molar refractivity (Wildman–Crippen MR) is 103 cm³/mol. The summed E-state index contributed by atoms with van der Waals surface area (Å²) in [5, 5.41) is 13.3. The Balaban J connectivity index is 1.53. The molecular weight excluding hydrogens is 358 g/mol. The number of ether oxygens (including phenoxy) is 1. The van der Waals surface area contributed by atoms with Crippen LogP contribution in [0.2, 0.25) is 0 Å². The summed E-state index contributed by atoms with van der Waals surface area (Å²) < 4.78 is 5.27. The summed E-state index contributed by atoms with van der Waals surface area (Å²) in [5.74, 6) is 0.569. The molecule has 144 valence electrons. The summed E-state index contributed by atoms with van der Waals surface area (Å²) in [6.07, 6.45) is 0.538. The standard InChI is InChI=1S/C20H21N5O3/c1-21-19(27)20(10-13-4-3-5-15(8-13)28-2)11-25(12-20)18(26)14-6-7-16-17(9-14)23-24-22-16/h3-9H,10-12H2,1-2H3,(H,21,27)(H,22,23,24). The van der Waals surface area contributed by atoms with Gasteiger partial charge < -0.3 is 15.0 Å². The van der Waals surface area contributed by atoms with E-state index in [0.717, 1.165) is 11.3 Å². The molecular formula is C20H21N5O3. The van der Waals surface area contributed by atoms with E-state index in [0.29, 0.717) is 36.1 Å². The molecule has 28 heavy (non-hydrogen) atoms. The minimum atomic E-state index is -0.644. The lowest BCUT2D eigenvalue weighted by molar-refractivity contribution is -0.138. The van der Waals surface area contributed by atoms with E-state index in [1.807, 2.05) is 24.3 Å². The molecule has 1 aromatic heterocycles. The number of nitrogens with zero attached hydrogens (tertiary/aromatic N) is 3. The molecule has 3 aromatic rings. The second-order valence-electron chi connectivity index (χ2n) is 7.08. The van der Waals surface area contributed by atoms with Gasteiger partial charge in [-0.05, 0) is 42.3 Å². The monoisotopic (exact) mass is 379 g/mol. The largest absolute Gasteiger partial charge is 0.497 e. The average Bonchev–Trinajstić information content (AvgIpc) is 3.17. The predicted octanol–water partition coefficient (Wildman–Crippen LogP) is 1.40. The van der Waals surface area contributed by atoms with Gasteiger partial charge in [0.15, 0.2) is 0 Å². The van der Waals surface area contributed by atoms with Gasteiger partial charge in [0.1, 0.15) is 16.8 Å². The van der Waals surface area contributed by atoms with Gasteiger partial charge in [0.05, 0.1) is 12.5 Å². The van der Waals surface area contributed by atoms with Gasteiger partial charge in [-0.25, -0.2) is 0 Å². The molecule has 1 fully saturated rings. The molecule has 1 aliphatic rings. The van der Waals surface area contributed by atoms with Gasteiger partial charge in [-0.2, -0.15) is 15.4 Å². The number of hydrogen-bond donors (Lipinski definition) is 2. The number of aromatic amines is 1. The molecule has 2 N–H and O–H groups in total. The van der Waals surface area contributed by atoms with Crippen LogP contribution in [0.5, 0.6) is 5.75 Å². The number of fused-ring (bicyclic) bond motifs is 1. The minimum absolute atomic E-state index is 0.0636. The topological polar surface area (TPSA) is 100 Å². The van der Waals surface area contributed by atoms with Gasteiger partial charge in [0, 0.05) is 25.7 Å². The zero-order valence-corrected chi connectivity index (χ0v) is 15.7. The summed E-state index contributed by atoms with van der Waals surface area (Å²) >= 11 is 0. The van der Waals surface area contributed by atoms with Crippen LogP contribution in [0, 0.1) is 5.41 Å². The zero-order valence-electron chi connectivity index (χ0n) is 15.7. The molecule has 0 aliphatic carbocycles. The molecule has 0 radical (unpaired) electrons. The van der Waals surface area contributed by atoms with E-state index in [-0.39, 0.29) is 11.8 Å². The maximum atomic E-state index is 12.9. The summed E-state index contributed by atoms with van der Waals surface area (Å²) in [5.41, 5.74) is 2.24. The Bertz CT molecular complexity index is 1040. The number of carbonyl (C=O) groups is 2. The molecule has 2 aromatic carbocycles. The Labute approximate surface area is 161 Å². The summed E-state index contributed by atoms with van der Waals surface area (Å²) in [6, 6.07) is 12.9. The number of H-pyrrole nitrogens is 1. The van der Waals surface area contributed by atoms with Crippen molar-refractivity contribution in [3.05, 3.63) is 53.6 Å². The van der Waals surface area contributed by atoms with Crippen LogP contribution in [-0.2, 0) is 11.2 Å². The fourth-order valence-electron chi connectivity index (χ4n) is 3.76. The average molecular weight is 379 g/mol. The molecule has 0 saturated carbocycles. The van der Waals surface area contributed by atoms with E-state index in [2.05, 4.69) is 20.7 Å². The first-order valence-corrected chi connectivity index (χ1v) is 8.99. The second kappa shape index (κ2) is 6.95. The van der Waals surface area contributed by atoms with Gasteiger partial charge in [0.25, 0.3) is 5.91 Å². The van der Waals surface area contributed by atoms with Gasteiger partial charge in [0.2, 0.25) is 5.91 Å². The highest BCUT2D eigenvalue weighted by Crippen LogP contribution is 2.36. The van der Waals surface area contributed by atoms with Crippen molar-refractivity contribution in [2.45, 2.75) is 6.42 Å². The summed E-state index contributed by atoms with van der Waals surface area (Å²) in [6.45, 7) is 0.721. The Kier molecular flexibility index (Phi) is 4.46. The van der Waals surface area contributed by atoms with E-state index in [4.69, 9.17) is 4.74 Å². The normalized spacial score (nSPS) is 15.1. The van der Waals surface area contributed by atoms with Gasteiger partial charge in [-0.3, -0.25) is 9.59 Å². The van der Waals surface area contributed by atoms with E-state index in [9.17, 15) is 9.59 Å². The maximum Gasteiger partial charge on any atom is 0.254 e. The highest BCUT2D eigenvalue weighted by atomic mass is 16.5. The van der Waals surface area contributed by atoms with Crippen LogP contribution in [0.4, 0.5) is 0 Å². The van der Waals surface area contributed by atoms with Crippen LogP contribution >= 0.6 is 0 Å². The fraction of sp³-hybridized carbons (Fsp3) is 0.300. The molecule has 0 spiro atoms. The number of aromatic nitrogens is 3. The first-order chi connectivity index (χ1) is 13.5. The smallest absolute Gasteiger partial charge is 0.254 e. The van der Waals surface area contributed by atoms with Crippen LogP contribution in [-0.4, -0.2) is 59.4 Å². The number of hydrogen-bond acceptors (Lipinski definition) is 5. The van der Waals surface area contributed by atoms with Crippen molar-refractivity contribution in [1.29, 1.82) is 0 Å². The molecule has 2 heterocycles. The SMILES string of the molecule is CNC(=O)C1(Cc2cccc(OC)c2)CN(C(=O)c2ccc3n[nH]nc3c2)C1. The molecule has 0 atom stereocenters. The quantitative estimate of drug-likeness (QED) is 0.698. The Hall–Kier alpha value is -3.42. The molecule has 8 nitrogen and oxygen atoms in total.